The number of aryl methyl sites for hydroxylation is 1. The molecule has 0 spiro atoms. The average molecular weight is 320 g/mol. The number of amides is 1. The lowest BCUT2D eigenvalue weighted by Crippen LogP contribution is -2.36. The lowest BCUT2D eigenvalue weighted by molar-refractivity contribution is -0.119. The maximum Gasteiger partial charge on any atom is 0.230 e. The largest absolute Gasteiger partial charge is 0.394 e. The molecule has 2 N–H and O–H groups in total. The van der Waals surface area contributed by atoms with E-state index in [0.29, 0.717) is 5.16 Å². The van der Waals surface area contributed by atoms with Crippen LogP contribution in [0.4, 0.5) is 0 Å². The summed E-state index contributed by atoms with van der Waals surface area (Å²) in [6.07, 6.45) is 2.57. The van der Waals surface area contributed by atoms with Crippen LogP contribution in [0.2, 0.25) is 0 Å². The van der Waals surface area contributed by atoms with Crippen molar-refractivity contribution in [1.82, 2.24) is 20.1 Å². The minimum absolute atomic E-state index is 0.0730. The zero-order valence-electron chi connectivity index (χ0n) is 12.7. The molecule has 0 fully saturated rings. The van der Waals surface area contributed by atoms with E-state index < -0.39 is 0 Å². The Hall–Kier alpha value is -1.86. The van der Waals surface area contributed by atoms with E-state index in [1.165, 1.54) is 17.3 Å². The molecule has 0 aliphatic heterocycles. The summed E-state index contributed by atoms with van der Waals surface area (Å²) in [5, 5.41) is 20.4. The number of carbonyl (C=O) groups excluding carboxylic acids is 1. The highest BCUT2D eigenvalue weighted by Crippen LogP contribution is 2.22. The average Bonchev–Trinajstić information content (AvgIpc) is 3.01. The molecule has 118 valence electrons. The van der Waals surface area contributed by atoms with Gasteiger partial charge in [0.05, 0.1) is 18.0 Å². The van der Waals surface area contributed by atoms with Crippen LogP contribution in [0.1, 0.15) is 19.4 Å². The molecular weight excluding hydrogens is 300 g/mol. The maximum atomic E-state index is 11.8. The van der Waals surface area contributed by atoms with Crippen molar-refractivity contribution < 1.29 is 9.90 Å². The van der Waals surface area contributed by atoms with E-state index >= 15 is 0 Å². The van der Waals surface area contributed by atoms with Gasteiger partial charge in [-0.1, -0.05) is 36.9 Å². The molecule has 0 radical (unpaired) electrons. The van der Waals surface area contributed by atoms with Gasteiger partial charge in [-0.25, -0.2) is 0 Å². The van der Waals surface area contributed by atoms with E-state index in [0.717, 1.165) is 12.1 Å². The van der Waals surface area contributed by atoms with Gasteiger partial charge < -0.3 is 10.4 Å². The van der Waals surface area contributed by atoms with Crippen LogP contribution in [0.3, 0.4) is 0 Å². The summed E-state index contributed by atoms with van der Waals surface area (Å²) in [5.74, 6) is 0.0991. The Labute approximate surface area is 133 Å². The third-order valence-electron chi connectivity index (χ3n) is 3.16. The molecule has 1 atom stereocenters. The van der Waals surface area contributed by atoms with Crippen LogP contribution in [0.5, 0.6) is 0 Å². The minimum Gasteiger partial charge on any atom is -0.394 e. The molecule has 6 nitrogen and oxygen atoms in total. The van der Waals surface area contributed by atoms with Gasteiger partial charge >= 0.3 is 0 Å². The Kier molecular flexibility index (Phi) is 5.97. The topological polar surface area (TPSA) is 80.0 Å². The zero-order valence-corrected chi connectivity index (χ0v) is 13.5. The molecule has 1 unspecified atom stereocenters. The minimum atomic E-state index is -0.244. The molecule has 1 heterocycles. The number of aliphatic hydroxyl groups excluding tert-OH is 1. The van der Waals surface area contributed by atoms with Crippen molar-refractivity contribution in [3.8, 4) is 5.69 Å². The second-order valence-electron chi connectivity index (χ2n) is 4.91. The second kappa shape index (κ2) is 7.95. The Morgan fingerprint density at radius 3 is 2.95 bits per heavy atom. The number of benzene rings is 1. The Morgan fingerprint density at radius 1 is 1.45 bits per heavy atom. The van der Waals surface area contributed by atoms with Crippen molar-refractivity contribution >= 4 is 17.7 Å². The van der Waals surface area contributed by atoms with Gasteiger partial charge in [-0.2, -0.15) is 0 Å². The number of para-hydroxylation sites is 1. The third kappa shape index (κ3) is 4.08. The summed E-state index contributed by atoms with van der Waals surface area (Å²) >= 11 is 1.32. The SMILES string of the molecule is CCc1ccccc1-n1cnnc1SCC(=O)NC(C)CO. The van der Waals surface area contributed by atoms with Gasteiger partial charge in [0, 0.05) is 6.04 Å². The number of rotatable bonds is 7. The standard InChI is InChI=1S/C15H20N4O2S/c1-3-12-6-4-5-7-13(12)19-10-16-18-15(19)22-9-14(21)17-11(2)8-20/h4-7,10-11,20H,3,8-9H2,1-2H3,(H,17,21). The highest BCUT2D eigenvalue weighted by molar-refractivity contribution is 7.99. The first kappa shape index (κ1) is 16.5. The number of carbonyl (C=O) groups is 1. The molecule has 2 aromatic rings. The third-order valence-corrected chi connectivity index (χ3v) is 4.11. The Bertz CT molecular complexity index is 630. The summed E-state index contributed by atoms with van der Waals surface area (Å²) in [5.41, 5.74) is 2.23. The molecule has 1 aromatic heterocycles. The van der Waals surface area contributed by atoms with E-state index in [2.05, 4.69) is 28.5 Å². The summed E-state index contributed by atoms with van der Waals surface area (Å²) < 4.78 is 1.90. The Balaban J connectivity index is 2.08. The van der Waals surface area contributed by atoms with Gasteiger partial charge in [0.15, 0.2) is 5.16 Å². The van der Waals surface area contributed by atoms with Gasteiger partial charge in [0.25, 0.3) is 0 Å². The van der Waals surface area contributed by atoms with Crippen molar-refractivity contribution in [2.24, 2.45) is 0 Å². The summed E-state index contributed by atoms with van der Waals surface area (Å²) in [6.45, 7) is 3.78. The molecule has 22 heavy (non-hydrogen) atoms. The highest BCUT2D eigenvalue weighted by atomic mass is 32.2. The van der Waals surface area contributed by atoms with E-state index in [4.69, 9.17) is 5.11 Å². The van der Waals surface area contributed by atoms with Gasteiger partial charge in [-0.05, 0) is 25.0 Å². The number of nitrogens with one attached hydrogen (secondary N) is 1. The Morgan fingerprint density at radius 2 is 2.23 bits per heavy atom. The smallest absolute Gasteiger partial charge is 0.230 e. The normalized spacial score (nSPS) is 12.1. The van der Waals surface area contributed by atoms with E-state index in [1.807, 2.05) is 22.8 Å². The van der Waals surface area contributed by atoms with Gasteiger partial charge in [-0.15, -0.1) is 10.2 Å². The maximum absolute atomic E-state index is 11.8. The molecule has 0 bridgehead atoms. The fraction of sp³-hybridized carbons (Fsp3) is 0.400. The fourth-order valence-corrected chi connectivity index (χ4v) is 2.76. The first-order valence-electron chi connectivity index (χ1n) is 7.17. The second-order valence-corrected chi connectivity index (χ2v) is 5.85. The van der Waals surface area contributed by atoms with Gasteiger partial charge in [-0.3, -0.25) is 9.36 Å². The molecule has 1 amide bonds. The summed E-state index contributed by atoms with van der Waals surface area (Å²) in [4.78, 5) is 11.8. The summed E-state index contributed by atoms with van der Waals surface area (Å²) in [7, 11) is 0. The summed E-state index contributed by atoms with van der Waals surface area (Å²) in [6, 6.07) is 7.81. The number of hydrogen-bond acceptors (Lipinski definition) is 5. The number of nitrogens with zero attached hydrogens (tertiary/aromatic N) is 3. The van der Waals surface area contributed by atoms with E-state index in [-0.39, 0.29) is 24.3 Å². The molecule has 0 aliphatic carbocycles. The molecule has 1 aromatic carbocycles. The van der Waals surface area contributed by atoms with Crippen molar-refractivity contribution in [2.75, 3.05) is 12.4 Å². The van der Waals surface area contributed by atoms with Crippen molar-refractivity contribution in [2.45, 2.75) is 31.5 Å². The van der Waals surface area contributed by atoms with Crippen molar-refractivity contribution in [3.63, 3.8) is 0 Å². The van der Waals surface area contributed by atoms with Gasteiger partial charge in [0.2, 0.25) is 5.91 Å². The molecule has 7 heteroatoms. The number of aliphatic hydroxyl groups is 1. The number of thioether (sulfide) groups is 1. The molecule has 2 rings (SSSR count). The van der Waals surface area contributed by atoms with Crippen LogP contribution in [0, 0.1) is 0 Å². The zero-order chi connectivity index (χ0) is 15.9. The van der Waals surface area contributed by atoms with Crippen molar-refractivity contribution in [3.05, 3.63) is 36.2 Å². The first-order chi connectivity index (χ1) is 10.7. The van der Waals surface area contributed by atoms with Crippen LogP contribution in [0.25, 0.3) is 5.69 Å². The molecule has 0 saturated heterocycles. The quantitative estimate of drug-likeness (QED) is 0.754. The van der Waals surface area contributed by atoms with Gasteiger partial charge in [0.1, 0.15) is 6.33 Å². The molecule has 0 aliphatic rings. The predicted molar refractivity (Wildman–Crippen MR) is 86.2 cm³/mol. The van der Waals surface area contributed by atoms with Crippen LogP contribution in [-0.4, -0.2) is 44.2 Å². The highest BCUT2D eigenvalue weighted by Gasteiger charge is 2.13. The number of aromatic nitrogens is 3. The van der Waals surface area contributed by atoms with Crippen LogP contribution in [0.15, 0.2) is 35.7 Å². The molecular formula is C15H20N4O2S. The number of hydrogen-bond donors (Lipinski definition) is 2. The van der Waals surface area contributed by atoms with Crippen LogP contribution >= 0.6 is 11.8 Å². The first-order valence-corrected chi connectivity index (χ1v) is 8.15. The molecule has 0 saturated carbocycles. The monoisotopic (exact) mass is 320 g/mol. The van der Waals surface area contributed by atoms with Crippen LogP contribution < -0.4 is 5.32 Å². The van der Waals surface area contributed by atoms with E-state index in [9.17, 15) is 4.79 Å². The van der Waals surface area contributed by atoms with Crippen molar-refractivity contribution in [1.29, 1.82) is 0 Å². The predicted octanol–water partition coefficient (Wildman–Crippen LogP) is 1.42. The fourth-order valence-electron chi connectivity index (χ4n) is 2.03. The lowest BCUT2D eigenvalue weighted by Gasteiger charge is -2.12. The van der Waals surface area contributed by atoms with Crippen LogP contribution in [-0.2, 0) is 11.2 Å². The van der Waals surface area contributed by atoms with E-state index in [1.54, 1.807) is 13.3 Å². The lowest BCUT2D eigenvalue weighted by atomic mass is 10.1.